The molecular weight excluding hydrogens is 621 g/mol. The quantitative estimate of drug-likeness (QED) is 0.186. The van der Waals surface area contributed by atoms with Crippen LogP contribution in [0.2, 0.25) is 0 Å². The maximum Gasteiger partial charge on any atom is 0.0724 e. The van der Waals surface area contributed by atoms with Gasteiger partial charge >= 0.3 is 0 Å². The lowest BCUT2D eigenvalue weighted by atomic mass is 9.91. The van der Waals surface area contributed by atoms with E-state index in [1.807, 2.05) is 12.4 Å². The topological polar surface area (TPSA) is 26.0 Å². The van der Waals surface area contributed by atoms with Crippen molar-refractivity contribution in [2.24, 2.45) is 0 Å². The summed E-state index contributed by atoms with van der Waals surface area (Å²) >= 11 is 0. The molecule has 0 fully saturated rings. The van der Waals surface area contributed by atoms with Crippen molar-refractivity contribution < 1.29 is 0 Å². The number of nitrogens with zero attached hydrogens (tertiary/aromatic N) is 4. The minimum atomic E-state index is 1.10. The number of fused-ring (bicyclic) bond motifs is 12. The van der Waals surface area contributed by atoms with E-state index in [1.54, 1.807) is 0 Å². The van der Waals surface area contributed by atoms with Crippen LogP contribution in [0.3, 0.4) is 0 Å². The molecule has 4 heterocycles. The first-order valence-corrected chi connectivity index (χ1v) is 17.4. The van der Waals surface area contributed by atoms with Crippen molar-refractivity contribution in [3.8, 4) is 33.6 Å². The van der Waals surface area contributed by atoms with E-state index in [1.165, 1.54) is 54.8 Å². The van der Waals surface area contributed by atoms with Crippen molar-refractivity contribution in [1.29, 1.82) is 0 Å². The molecule has 0 saturated heterocycles. The van der Waals surface area contributed by atoms with E-state index in [0.717, 1.165) is 39.5 Å². The fraction of sp³-hybridized carbons (Fsp3) is 0. The third kappa shape index (κ3) is 3.99. The normalized spacial score (nSPS) is 12.3. The first-order chi connectivity index (χ1) is 25.3. The van der Waals surface area contributed by atoms with Crippen LogP contribution >= 0.6 is 0 Å². The zero-order valence-corrected chi connectivity index (χ0v) is 27.6. The molecular formula is C47H30N4. The lowest BCUT2D eigenvalue weighted by Gasteiger charge is -2.31. The Morgan fingerprint density at radius 2 is 0.980 bits per heavy atom. The van der Waals surface area contributed by atoms with Gasteiger partial charge in [-0.3, -0.25) is 4.98 Å². The van der Waals surface area contributed by atoms with Crippen LogP contribution < -0.4 is 4.90 Å². The van der Waals surface area contributed by atoms with Crippen LogP contribution in [0.5, 0.6) is 0 Å². The molecule has 3 aromatic heterocycles. The van der Waals surface area contributed by atoms with Gasteiger partial charge in [0.15, 0.2) is 0 Å². The number of para-hydroxylation sites is 6. The van der Waals surface area contributed by atoms with Crippen LogP contribution in [0, 0.1) is 0 Å². The number of hydrogen-bond acceptors (Lipinski definition) is 2. The van der Waals surface area contributed by atoms with Crippen LogP contribution in [0.25, 0.3) is 77.2 Å². The number of benzene rings is 7. The Labute approximate surface area is 294 Å². The minimum Gasteiger partial charge on any atom is -0.308 e. The molecule has 0 amide bonds. The molecule has 1 aliphatic rings. The summed E-state index contributed by atoms with van der Waals surface area (Å²) in [6.45, 7) is 0. The van der Waals surface area contributed by atoms with Crippen molar-refractivity contribution in [2.75, 3.05) is 4.90 Å². The molecule has 0 unspecified atom stereocenters. The summed E-state index contributed by atoms with van der Waals surface area (Å²) in [5.41, 5.74) is 15.0. The number of anilines is 3. The zero-order valence-electron chi connectivity index (χ0n) is 27.6. The van der Waals surface area contributed by atoms with Gasteiger partial charge in [-0.25, -0.2) is 0 Å². The Morgan fingerprint density at radius 1 is 0.353 bits per heavy atom. The number of pyridine rings is 1. The summed E-state index contributed by atoms with van der Waals surface area (Å²) < 4.78 is 4.85. The molecule has 51 heavy (non-hydrogen) atoms. The summed E-state index contributed by atoms with van der Waals surface area (Å²) in [6.07, 6.45) is 3.87. The molecule has 0 N–H and O–H groups in total. The van der Waals surface area contributed by atoms with E-state index in [4.69, 9.17) is 0 Å². The summed E-state index contributed by atoms with van der Waals surface area (Å²) in [5, 5.41) is 4.85. The maximum absolute atomic E-state index is 4.55. The van der Waals surface area contributed by atoms with Crippen LogP contribution in [-0.4, -0.2) is 14.1 Å². The second-order valence-electron chi connectivity index (χ2n) is 13.2. The predicted octanol–water partition coefficient (Wildman–Crippen LogP) is 12.4. The molecule has 11 rings (SSSR count). The van der Waals surface area contributed by atoms with E-state index < -0.39 is 0 Å². The Hall–Kier alpha value is -6.91. The average Bonchev–Trinajstić information content (AvgIpc) is 3.71. The SMILES string of the molecule is c1ccc(N2c3ccccc3-c3ccccc3-c3cccc4c5cc(-n6c7ccccc7c7ccncc76)ccc5n(c34)-c3ccccc32)cc1. The Kier molecular flexibility index (Phi) is 5.92. The fourth-order valence-corrected chi connectivity index (χ4v) is 8.44. The second-order valence-corrected chi connectivity index (χ2v) is 13.2. The molecule has 0 atom stereocenters. The van der Waals surface area contributed by atoms with E-state index >= 15 is 0 Å². The molecule has 0 radical (unpaired) electrons. The van der Waals surface area contributed by atoms with Crippen LogP contribution in [0.15, 0.2) is 182 Å². The highest BCUT2D eigenvalue weighted by molar-refractivity contribution is 6.17. The highest BCUT2D eigenvalue weighted by Gasteiger charge is 2.27. The Balaban J connectivity index is 1.30. The van der Waals surface area contributed by atoms with Gasteiger partial charge in [0.2, 0.25) is 0 Å². The predicted molar refractivity (Wildman–Crippen MR) is 212 cm³/mol. The van der Waals surface area contributed by atoms with E-state index in [2.05, 4.69) is 189 Å². The molecule has 0 aliphatic carbocycles. The van der Waals surface area contributed by atoms with Gasteiger partial charge in [0.05, 0.1) is 45.3 Å². The summed E-state index contributed by atoms with van der Waals surface area (Å²) in [4.78, 5) is 6.97. The fourth-order valence-electron chi connectivity index (χ4n) is 8.44. The van der Waals surface area contributed by atoms with E-state index in [0.29, 0.717) is 0 Å². The van der Waals surface area contributed by atoms with Crippen molar-refractivity contribution in [2.45, 2.75) is 0 Å². The number of aromatic nitrogens is 3. The van der Waals surface area contributed by atoms with Gasteiger partial charge in [0.1, 0.15) is 0 Å². The highest BCUT2D eigenvalue weighted by atomic mass is 15.2. The minimum absolute atomic E-state index is 1.10. The Morgan fingerprint density at radius 3 is 1.84 bits per heavy atom. The average molecular weight is 651 g/mol. The largest absolute Gasteiger partial charge is 0.308 e. The smallest absolute Gasteiger partial charge is 0.0724 e. The van der Waals surface area contributed by atoms with Crippen molar-refractivity contribution in [1.82, 2.24) is 14.1 Å². The van der Waals surface area contributed by atoms with Gasteiger partial charge in [-0.05, 0) is 71.8 Å². The van der Waals surface area contributed by atoms with Gasteiger partial charge in [-0.1, -0.05) is 109 Å². The summed E-state index contributed by atoms with van der Waals surface area (Å²) in [7, 11) is 0. The molecule has 0 spiro atoms. The molecule has 238 valence electrons. The Bertz CT molecular complexity index is 2930. The first-order valence-electron chi connectivity index (χ1n) is 17.4. The third-order valence-electron chi connectivity index (χ3n) is 10.5. The summed E-state index contributed by atoms with van der Waals surface area (Å²) in [5.74, 6) is 0. The number of rotatable bonds is 2. The molecule has 4 nitrogen and oxygen atoms in total. The van der Waals surface area contributed by atoms with Gasteiger partial charge in [-0.15, -0.1) is 0 Å². The van der Waals surface area contributed by atoms with Crippen LogP contribution in [-0.2, 0) is 0 Å². The van der Waals surface area contributed by atoms with E-state index in [9.17, 15) is 0 Å². The summed E-state index contributed by atoms with van der Waals surface area (Å²) in [6, 6.07) is 61.8. The number of hydrogen-bond donors (Lipinski definition) is 0. The standard InChI is InChI=1S/C47H30N4/c1-2-13-31(14-3-1)49-41-21-8-6-17-35(41)33-15-4-5-16-34(33)38-19-12-20-39-40-29-32(25-26-43(40)51(47(38)39)45-24-11-10-23-44(45)49)50-42-22-9-7-18-36(42)37-27-28-48-30-46(37)50/h1-30H. The highest BCUT2D eigenvalue weighted by Crippen LogP contribution is 2.49. The monoisotopic (exact) mass is 650 g/mol. The lowest BCUT2D eigenvalue weighted by molar-refractivity contribution is 1.14. The lowest BCUT2D eigenvalue weighted by Crippen LogP contribution is -2.14. The third-order valence-corrected chi connectivity index (χ3v) is 10.5. The van der Waals surface area contributed by atoms with Crippen molar-refractivity contribution in [3.05, 3.63) is 182 Å². The van der Waals surface area contributed by atoms with Gasteiger partial charge in [0, 0.05) is 50.2 Å². The van der Waals surface area contributed by atoms with Crippen LogP contribution in [0.1, 0.15) is 0 Å². The van der Waals surface area contributed by atoms with Crippen LogP contribution in [0.4, 0.5) is 17.1 Å². The molecule has 1 aliphatic heterocycles. The van der Waals surface area contributed by atoms with E-state index in [-0.39, 0.29) is 0 Å². The maximum atomic E-state index is 4.55. The molecule has 4 heteroatoms. The first kappa shape index (κ1) is 28.0. The molecule has 7 aromatic carbocycles. The van der Waals surface area contributed by atoms with Crippen molar-refractivity contribution in [3.63, 3.8) is 0 Å². The molecule has 10 aromatic rings. The van der Waals surface area contributed by atoms with Gasteiger partial charge < -0.3 is 14.0 Å². The zero-order chi connectivity index (χ0) is 33.5. The van der Waals surface area contributed by atoms with Crippen molar-refractivity contribution >= 4 is 60.7 Å². The molecule has 0 saturated carbocycles. The molecule has 0 bridgehead atoms. The van der Waals surface area contributed by atoms with Gasteiger partial charge in [-0.2, -0.15) is 0 Å². The van der Waals surface area contributed by atoms with Gasteiger partial charge in [0.25, 0.3) is 0 Å². The second kappa shape index (κ2) is 10.8.